The van der Waals surface area contributed by atoms with E-state index in [0.29, 0.717) is 23.1 Å². The van der Waals surface area contributed by atoms with Crippen LogP contribution in [0.3, 0.4) is 0 Å². The molecule has 3 rings (SSSR count). The maximum atomic E-state index is 12.2. The zero-order valence-corrected chi connectivity index (χ0v) is 16.2. The number of thioether (sulfide) groups is 2. The Kier molecular flexibility index (Phi) is 6.14. The second-order valence-electron chi connectivity index (χ2n) is 5.51. The van der Waals surface area contributed by atoms with Gasteiger partial charge in [-0.2, -0.15) is 0 Å². The molecule has 5 nitrogen and oxygen atoms in total. The van der Waals surface area contributed by atoms with Crippen LogP contribution in [-0.2, 0) is 10.0 Å². The molecule has 1 aliphatic heterocycles. The predicted molar refractivity (Wildman–Crippen MR) is 108 cm³/mol. The highest BCUT2D eigenvalue weighted by Gasteiger charge is 2.26. The van der Waals surface area contributed by atoms with E-state index in [1.807, 2.05) is 18.2 Å². The summed E-state index contributed by atoms with van der Waals surface area (Å²) >= 11 is 3.50. The molecule has 0 fully saturated rings. The minimum absolute atomic E-state index is 0.0786. The highest BCUT2D eigenvalue weighted by molar-refractivity contribution is 8.18. The number of aliphatic imine (C=N–C) groups is 1. The van der Waals surface area contributed by atoms with E-state index >= 15 is 0 Å². The number of hydrogen-bond acceptors (Lipinski definition) is 6. The molecule has 1 aromatic rings. The summed E-state index contributed by atoms with van der Waals surface area (Å²) in [4.78, 5) is 4.66. The minimum Gasteiger partial charge on any atom is -0.495 e. The third-order valence-electron chi connectivity index (χ3n) is 3.66. The van der Waals surface area contributed by atoms with Gasteiger partial charge in [-0.3, -0.25) is 9.71 Å². The van der Waals surface area contributed by atoms with Gasteiger partial charge in [0.2, 0.25) is 10.0 Å². The molecule has 2 atom stereocenters. The van der Waals surface area contributed by atoms with Crippen LogP contribution in [-0.4, -0.2) is 42.7 Å². The van der Waals surface area contributed by atoms with Gasteiger partial charge in [0.25, 0.3) is 0 Å². The first-order chi connectivity index (χ1) is 12.1. The van der Waals surface area contributed by atoms with Crippen LogP contribution in [0.4, 0.5) is 5.69 Å². The van der Waals surface area contributed by atoms with Gasteiger partial charge in [0, 0.05) is 0 Å². The fraction of sp³-hybridized carbons (Fsp3) is 0.353. The topological polar surface area (TPSA) is 67.8 Å². The van der Waals surface area contributed by atoms with Crippen LogP contribution in [0.2, 0.25) is 0 Å². The Hall–Kier alpha value is -1.38. The summed E-state index contributed by atoms with van der Waals surface area (Å²) in [7, 11) is -1.87. The number of hydrogen-bond donors (Lipinski definition) is 1. The number of ether oxygens (including phenoxy) is 1. The number of benzene rings is 1. The standard InChI is InChI=1S/C17H20N2O3S3/c1-22-15-9-4-2-7-13(15)19-25(20,21)12-6-11-23-17-18-14-8-3-5-10-16(14)24-17/h2-5,7-10,16-17,19H,6,11-12H2,1H3. The quantitative estimate of drug-likeness (QED) is 0.681. The Morgan fingerprint density at radius 3 is 2.96 bits per heavy atom. The van der Waals surface area contributed by atoms with Gasteiger partial charge >= 0.3 is 0 Å². The van der Waals surface area contributed by atoms with Crippen LogP contribution in [0.15, 0.2) is 53.6 Å². The summed E-state index contributed by atoms with van der Waals surface area (Å²) < 4.78 is 32.4. The van der Waals surface area contributed by atoms with Crippen molar-refractivity contribution >= 4 is 44.9 Å². The maximum Gasteiger partial charge on any atom is 0.232 e. The van der Waals surface area contributed by atoms with Crippen LogP contribution in [0.25, 0.3) is 0 Å². The second kappa shape index (κ2) is 8.33. The second-order valence-corrected chi connectivity index (χ2v) is 10.1. The van der Waals surface area contributed by atoms with Crippen molar-refractivity contribution in [2.24, 2.45) is 4.99 Å². The molecular weight excluding hydrogens is 376 g/mol. The molecular formula is C17H20N2O3S3. The average molecular weight is 397 g/mol. The van der Waals surface area contributed by atoms with Gasteiger partial charge in [-0.15, -0.1) is 23.5 Å². The van der Waals surface area contributed by atoms with Crippen molar-refractivity contribution < 1.29 is 13.2 Å². The van der Waals surface area contributed by atoms with E-state index in [1.54, 1.807) is 47.8 Å². The van der Waals surface area contributed by atoms with E-state index < -0.39 is 10.0 Å². The van der Waals surface area contributed by atoms with Crippen molar-refractivity contribution in [1.29, 1.82) is 0 Å². The largest absolute Gasteiger partial charge is 0.495 e. The molecule has 1 aliphatic carbocycles. The molecule has 0 amide bonds. The van der Waals surface area contributed by atoms with Crippen molar-refractivity contribution in [3.05, 3.63) is 48.6 Å². The van der Waals surface area contributed by atoms with E-state index in [0.717, 1.165) is 11.5 Å². The van der Waals surface area contributed by atoms with Gasteiger partial charge in [-0.05, 0) is 30.4 Å². The molecule has 0 saturated carbocycles. The fourth-order valence-electron chi connectivity index (χ4n) is 2.48. The van der Waals surface area contributed by atoms with Gasteiger partial charge in [0.05, 0.1) is 29.5 Å². The highest BCUT2D eigenvalue weighted by Crippen LogP contribution is 2.37. The Balaban J connectivity index is 1.45. The van der Waals surface area contributed by atoms with Crippen molar-refractivity contribution in [2.45, 2.75) is 16.4 Å². The van der Waals surface area contributed by atoms with E-state index in [-0.39, 0.29) is 10.5 Å². The van der Waals surface area contributed by atoms with Crippen molar-refractivity contribution in [3.8, 4) is 5.75 Å². The number of allylic oxidation sites excluding steroid dienone is 3. The van der Waals surface area contributed by atoms with Gasteiger partial charge in [0.1, 0.15) is 10.5 Å². The molecule has 0 saturated heterocycles. The predicted octanol–water partition coefficient (Wildman–Crippen LogP) is 3.53. The minimum atomic E-state index is -3.39. The summed E-state index contributed by atoms with van der Waals surface area (Å²) in [5, 5.41) is 0.346. The highest BCUT2D eigenvalue weighted by atomic mass is 32.2. The van der Waals surface area contributed by atoms with E-state index in [4.69, 9.17) is 4.74 Å². The smallest absolute Gasteiger partial charge is 0.232 e. The Labute approximate surface area is 157 Å². The first-order valence-corrected chi connectivity index (χ1v) is 11.5. The van der Waals surface area contributed by atoms with Crippen molar-refractivity contribution in [1.82, 2.24) is 0 Å². The molecule has 0 aromatic heterocycles. The third kappa shape index (κ3) is 5.05. The molecule has 8 heteroatoms. The van der Waals surface area contributed by atoms with Gasteiger partial charge in [-0.1, -0.05) is 30.4 Å². The molecule has 1 heterocycles. The molecule has 0 bridgehead atoms. The van der Waals surface area contributed by atoms with Crippen LogP contribution in [0, 0.1) is 0 Å². The average Bonchev–Trinajstić information content (AvgIpc) is 3.02. The zero-order valence-electron chi connectivity index (χ0n) is 13.8. The van der Waals surface area contributed by atoms with Crippen LogP contribution < -0.4 is 9.46 Å². The Bertz CT molecular complexity index is 803. The number of methoxy groups -OCH3 is 1. The van der Waals surface area contributed by atoms with Crippen molar-refractivity contribution in [2.75, 3.05) is 23.3 Å². The summed E-state index contributed by atoms with van der Waals surface area (Å²) in [5.74, 6) is 1.35. The molecule has 25 heavy (non-hydrogen) atoms. The van der Waals surface area contributed by atoms with E-state index in [2.05, 4.69) is 15.8 Å². The summed E-state index contributed by atoms with van der Waals surface area (Å²) in [6, 6.07) is 7.00. The number of rotatable bonds is 8. The maximum absolute atomic E-state index is 12.2. The number of fused-ring (bicyclic) bond motifs is 1. The molecule has 1 N–H and O–H groups in total. The molecule has 134 valence electrons. The Morgan fingerprint density at radius 1 is 1.32 bits per heavy atom. The molecule has 1 aromatic carbocycles. The third-order valence-corrected chi connectivity index (χ3v) is 7.71. The first-order valence-electron chi connectivity index (χ1n) is 7.90. The van der Waals surface area contributed by atoms with Crippen LogP contribution >= 0.6 is 23.5 Å². The summed E-state index contributed by atoms with van der Waals surface area (Å²) in [6.07, 6.45) is 8.80. The number of nitrogens with one attached hydrogen (secondary N) is 1. The molecule has 2 aliphatic rings. The van der Waals surface area contributed by atoms with Gasteiger partial charge in [0.15, 0.2) is 0 Å². The monoisotopic (exact) mass is 396 g/mol. The lowest BCUT2D eigenvalue weighted by Gasteiger charge is -2.12. The molecule has 0 spiro atoms. The fourth-order valence-corrected chi connectivity index (χ4v) is 6.36. The first kappa shape index (κ1) is 18.4. The number of para-hydroxylation sites is 2. The van der Waals surface area contributed by atoms with Crippen molar-refractivity contribution in [3.63, 3.8) is 0 Å². The lowest BCUT2D eigenvalue weighted by molar-refractivity contribution is 0.417. The zero-order chi connectivity index (χ0) is 17.7. The van der Waals surface area contributed by atoms with Gasteiger partial charge < -0.3 is 4.74 Å². The summed E-state index contributed by atoms with van der Waals surface area (Å²) in [5.41, 5.74) is 1.58. The van der Waals surface area contributed by atoms with E-state index in [9.17, 15) is 8.42 Å². The SMILES string of the molecule is COc1ccccc1NS(=O)(=O)CCCSC1N=C2C=CC=CC2S1. The molecule has 0 radical (unpaired) electrons. The van der Waals surface area contributed by atoms with Crippen LogP contribution in [0.5, 0.6) is 5.75 Å². The Morgan fingerprint density at radius 2 is 2.16 bits per heavy atom. The lowest BCUT2D eigenvalue weighted by Crippen LogP contribution is -2.17. The van der Waals surface area contributed by atoms with Gasteiger partial charge in [-0.25, -0.2) is 8.42 Å². The van der Waals surface area contributed by atoms with Crippen LogP contribution in [0.1, 0.15) is 6.42 Å². The lowest BCUT2D eigenvalue weighted by atomic mass is 10.1. The molecule has 2 unspecified atom stereocenters. The summed E-state index contributed by atoms with van der Waals surface area (Å²) in [6.45, 7) is 0. The number of anilines is 1. The van der Waals surface area contributed by atoms with E-state index in [1.165, 1.54) is 7.11 Å². The number of sulfonamides is 1. The normalized spacial score (nSPS) is 21.7. The number of nitrogens with zero attached hydrogens (tertiary/aromatic N) is 1.